The average molecular weight is 392 g/mol. The predicted molar refractivity (Wildman–Crippen MR) is 107 cm³/mol. The Kier molecular flexibility index (Phi) is 6.09. The summed E-state index contributed by atoms with van der Waals surface area (Å²) < 4.78 is 16.5. The minimum atomic E-state index is -1.08. The largest absolute Gasteiger partial charge is 0.503 e. The number of aliphatic carboxylic acids is 1. The summed E-state index contributed by atoms with van der Waals surface area (Å²) >= 11 is 0. The van der Waals surface area contributed by atoms with E-state index in [0.29, 0.717) is 28.4 Å². The number of carbonyl (C=O) groups is 1. The van der Waals surface area contributed by atoms with Crippen LogP contribution in [0.3, 0.4) is 0 Å². The molecule has 148 valence electrons. The lowest BCUT2D eigenvalue weighted by Gasteiger charge is -2.13. The molecular weight excluding hydrogens is 372 g/mol. The molecule has 1 aromatic heterocycles. The van der Waals surface area contributed by atoms with Crippen LogP contribution in [0.1, 0.15) is 16.7 Å². The van der Waals surface area contributed by atoms with Gasteiger partial charge in [-0.1, -0.05) is 18.2 Å². The first-order chi connectivity index (χ1) is 14.0. The molecule has 0 aliphatic rings. The molecule has 0 fully saturated rings. The maximum atomic E-state index is 11.5. The number of carboxylic acid groups (broad SMARTS) is 1. The zero-order valence-corrected chi connectivity index (χ0v) is 16.2. The van der Waals surface area contributed by atoms with Crippen LogP contribution in [-0.4, -0.2) is 28.2 Å². The lowest BCUT2D eigenvalue weighted by atomic mass is 10.0. The van der Waals surface area contributed by atoms with Gasteiger partial charge in [0.15, 0.2) is 0 Å². The van der Waals surface area contributed by atoms with Crippen molar-refractivity contribution in [2.45, 2.75) is 13.8 Å². The number of benzene rings is 2. The second-order valence-corrected chi connectivity index (χ2v) is 6.22. The van der Waals surface area contributed by atoms with Crippen molar-refractivity contribution in [2.75, 3.05) is 7.11 Å². The Hall–Kier alpha value is -3.87. The normalized spacial score (nSPS) is 11.1. The summed E-state index contributed by atoms with van der Waals surface area (Å²) in [6.45, 7) is 3.68. The standard InChI is InChI=1S/C22H20N2O5/c1-14-11-23-22(24-12-14)29-17-7-4-6-16(10-17)28-20-9-5-8-18(15(20)2)19(13-27-3)21(25)26/h4-13H,1-3H3,(H,25,26)/b19-13+. The number of nitrogens with zero attached hydrogens (tertiary/aromatic N) is 2. The molecule has 0 amide bonds. The summed E-state index contributed by atoms with van der Waals surface area (Å²) in [7, 11) is 1.40. The number of ether oxygens (including phenoxy) is 3. The Morgan fingerprint density at radius 3 is 2.31 bits per heavy atom. The highest BCUT2D eigenvalue weighted by Gasteiger charge is 2.16. The van der Waals surface area contributed by atoms with Crippen molar-refractivity contribution < 1.29 is 24.1 Å². The summed E-state index contributed by atoms with van der Waals surface area (Å²) in [5, 5.41) is 9.44. The Labute approximate surface area is 168 Å². The third-order valence-electron chi connectivity index (χ3n) is 4.04. The van der Waals surface area contributed by atoms with E-state index in [1.54, 1.807) is 61.8 Å². The smallest absolute Gasteiger partial charge is 0.339 e. The van der Waals surface area contributed by atoms with Crippen molar-refractivity contribution in [1.82, 2.24) is 9.97 Å². The van der Waals surface area contributed by atoms with E-state index in [1.165, 1.54) is 13.4 Å². The molecule has 3 rings (SSSR count). The van der Waals surface area contributed by atoms with Gasteiger partial charge in [-0.2, -0.15) is 0 Å². The lowest BCUT2D eigenvalue weighted by Crippen LogP contribution is -2.03. The highest BCUT2D eigenvalue weighted by molar-refractivity contribution is 6.15. The molecule has 7 nitrogen and oxygen atoms in total. The molecule has 29 heavy (non-hydrogen) atoms. The van der Waals surface area contributed by atoms with Crippen LogP contribution in [0.15, 0.2) is 61.1 Å². The second-order valence-electron chi connectivity index (χ2n) is 6.22. The summed E-state index contributed by atoms with van der Waals surface area (Å²) in [6, 6.07) is 12.5. The van der Waals surface area contributed by atoms with Gasteiger partial charge in [0, 0.05) is 18.5 Å². The molecular formula is C22H20N2O5. The van der Waals surface area contributed by atoms with Crippen LogP contribution in [0.2, 0.25) is 0 Å². The van der Waals surface area contributed by atoms with Crippen molar-refractivity contribution >= 4 is 11.5 Å². The Morgan fingerprint density at radius 1 is 1.00 bits per heavy atom. The monoisotopic (exact) mass is 392 g/mol. The number of carboxylic acids is 1. The number of hydrogen-bond donors (Lipinski definition) is 1. The van der Waals surface area contributed by atoms with Gasteiger partial charge < -0.3 is 19.3 Å². The Balaban J connectivity index is 1.85. The molecule has 0 atom stereocenters. The molecule has 0 saturated carbocycles. The van der Waals surface area contributed by atoms with E-state index in [-0.39, 0.29) is 11.6 Å². The first kappa shape index (κ1) is 19.9. The Bertz CT molecular complexity index is 1050. The van der Waals surface area contributed by atoms with E-state index < -0.39 is 5.97 Å². The molecule has 0 spiro atoms. The lowest BCUT2D eigenvalue weighted by molar-refractivity contribution is -0.130. The molecule has 7 heteroatoms. The van der Waals surface area contributed by atoms with Gasteiger partial charge in [0.2, 0.25) is 0 Å². The van der Waals surface area contributed by atoms with Crippen molar-refractivity contribution in [3.8, 4) is 23.3 Å². The summed E-state index contributed by atoms with van der Waals surface area (Å²) in [5.41, 5.74) is 2.17. The van der Waals surface area contributed by atoms with Crippen molar-refractivity contribution in [1.29, 1.82) is 0 Å². The van der Waals surface area contributed by atoms with E-state index >= 15 is 0 Å². The minimum Gasteiger partial charge on any atom is -0.503 e. The van der Waals surface area contributed by atoms with Crippen LogP contribution in [0.4, 0.5) is 0 Å². The molecule has 0 radical (unpaired) electrons. The fourth-order valence-electron chi connectivity index (χ4n) is 2.63. The first-order valence-electron chi connectivity index (χ1n) is 8.78. The maximum absolute atomic E-state index is 11.5. The number of aromatic nitrogens is 2. The highest BCUT2D eigenvalue weighted by atomic mass is 16.5. The molecule has 3 aromatic rings. The number of hydrogen-bond acceptors (Lipinski definition) is 6. The van der Waals surface area contributed by atoms with Crippen LogP contribution in [0.5, 0.6) is 23.3 Å². The molecule has 0 unspecified atom stereocenters. The van der Waals surface area contributed by atoms with Crippen molar-refractivity contribution in [3.05, 3.63) is 77.8 Å². The van der Waals surface area contributed by atoms with Crippen LogP contribution in [0, 0.1) is 13.8 Å². The van der Waals surface area contributed by atoms with Gasteiger partial charge in [-0.15, -0.1) is 0 Å². The number of aryl methyl sites for hydroxylation is 1. The van der Waals surface area contributed by atoms with Crippen LogP contribution in [0.25, 0.3) is 5.57 Å². The third-order valence-corrected chi connectivity index (χ3v) is 4.04. The number of rotatable bonds is 7. The van der Waals surface area contributed by atoms with Gasteiger partial charge in [-0.25, -0.2) is 14.8 Å². The molecule has 0 aliphatic heterocycles. The molecule has 0 bridgehead atoms. The SMILES string of the molecule is CO/C=C(/C(=O)O)c1cccc(Oc2cccc(Oc3ncc(C)cn3)c2)c1C. The molecule has 2 aromatic carbocycles. The van der Waals surface area contributed by atoms with Crippen LogP contribution >= 0.6 is 0 Å². The van der Waals surface area contributed by atoms with Gasteiger partial charge in [-0.3, -0.25) is 0 Å². The van der Waals surface area contributed by atoms with Crippen molar-refractivity contribution in [3.63, 3.8) is 0 Å². The third kappa shape index (κ3) is 4.90. The van der Waals surface area contributed by atoms with E-state index in [1.807, 2.05) is 6.92 Å². The fourth-order valence-corrected chi connectivity index (χ4v) is 2.63. The van der Waals surface area contributed by atoms with Gasteiger partial charge >= 0.3 is 12.0 Å². The minimum absolute atomic E-state index is 0.0454. The van der Waals surface area contributed by atoms with Gasteiger partial charge in [-0.05, 0) is 48.7 Å². The van der Waals surface area contributed by atoms with E-state index in [2.05, 4.69) is 9.97 Å². The van der Waals surface area contributed by atoms with Gasteiger partial charge in [0.05, 0.1) is 13.4 Å². The van der Waals surface area contributed by atoms with Gasteiger partial charge in [0.25, 0.3) is 0 Å². The summed E-state index contributed by atoms with van der Waals surface area (Å²) in [4.78, 5) is 19.8. The van der Waals surface area contributed by atoms with Crippen molar-refractivity contribution in [2.24, 2.45) is 0 Å². The predicted octanol–water partition coefficient (Wildman–Crippen LogP) is 4.75. The zero-order chi connectivity index (χ0) is 20.8. The maximum Gasteiger partial charge on any atom is 0.339 e. The van der Waals surface area contributed by atoms with E-state index in [4.69, 9.17) is 14.2 Å². The molecule has 0 saturated heterocycles. The highest BCUT2D eigenvalue weighted by Crippen LogP contribution is 2.32. The topological polar surface area (TPSA) is 90.8 Å². The van der Waals surface area contributed by atoms with Crippen LogP contribution in [-0.2, 0) is 9.53 Å². The molecule has 1 N–H and O–H groups in total. The summed E-state index contributed by atoms with van der Waals surface area (Å²) in [5.74, 6) is 0.489. The van der Waals surface area contributed by atoms with E-state index in [0.717, 1.165) is 5.56 Å². The number of methoxy groups -OCH3 is 1. The molecule has 0 aliphatic carbocycles. The quantitative estimate of drug-likeness (QED) is 0.458. The zero-order valence-electron chi connectivity index (χ0n) is 16.2. The first-order valence-corrected chi connectivity index (χ1v) is 8.78. The van der Waals surface area contributed by atoms with Gasteiger partial charge in [0.1, 0.15) is 22.8 Å². The average Bonchev–Trinajstić information content (AvgIpc) is 2.70. The molecule has 1 heterocycles. The van der Waals surface area contributed by atoms with E-state index in [9.17, 15) is 9.90 Å². The van der Waals surface area contributed by atoms with Crippen LogP contribution < -0.4 is 9.47 Å². The fraction of sp³-hybridized carbons (Fsp3) is 0.136. The second kappa shape index (κ2) is 8.88. The summed E-state index contributed by atoms with van der Waals surface area (Å²) in [6.07, 6.45) is 4.54. The Morgan fingerprint density at radius 2 is 1.66 bits per heavy atom.